The van der Waals surface area contributed by atoms with E-state index in [-0.39, 0.29) is 17.8 Å². The first-order valence-electron chi connectivity index (χ1n) is 10.5. The highest BCUT2D eigenvalue weighted by Crippen LogP contribution is 2.36. The van der Waals surface area contributed by atoms with Crippen LogP contribution in [0.15, 0.2) is 48.9 Å². The molecular weight excluding hydrogens is 395 g/mol. The minimum absolute atomic E-state index is 0.121. The second-order valence-corrected chi connectivity index (χ2v) is 7.70. The Kier molecular flexibility index (Phi) is 5.88. The van der Waals surface area contributed by atoms with Crippen LogP contribution in [-0.2, 0) is 17.9 Å². The average molecular weight is 423 g/mol. The van der Waals surface area contributed by atoms with Crippen LogP contribution in [0.4, 0.5) is 21.6 Å². The molecule has 31 heavy (non-hydrogen) atoms. The summed E-state index contributed by atoms with van der Waals surface area (Å²) in [6, 6.07) is 8.27. The van der Waals surface area contributed by atoms with E-state index >= 15 is 0 Å². The van der Waals surface area contributed by atoms with Gasteiger partial charge in [-0.15, -0.1) is 0 Å². The molecule has 1 aliphatic rings. The first kappa shape index (κ1) is 20.8. The van der Waals surface area contributed by atoms with Crippen molar-refractivity contribution in [2.45, 2.75) is 39.4 Å². The summed E-state index contributed by atoms with van der Waals surface area (Å²) in [7, 11) is 1.96. The molecule has 0 spiro atoms. The smallest absolute Gasteiger partial charge is 0.249 e. The number of nitrogens with zero attached hydrogens (tertiary/aromatic N) is 5. The predicted molar refractivity (Wildman–Crippen MR) is 120 cm³/mol. The monoisotopic (exact) mass is 422 g/mol. The molecule has 0 fully saturated rings. The second-order valence-electron chi connectivity index (χ2n) is 7.70. The molecule has 4 rings (SSSR count). The van der Waals surface area contributed by atoms with Crippen molar-refractivity contribution in [3.05, 3.63) is 65.9 Å². The summed E-state index contributed by atoms with van der Waals surface area (Å²) in [6.45, 7) is 5.79. The lowest BCUT2D eigenvalue weighted by molar-refractivity contribution is -0.120. The van der Waals surface area contributed by atoms with Crippen molar-refractivity contribution in [1.82, 2.24) is 14.8 Å². The topological polar surface area (TPSA) is 66.3 Å². The van der Waals surface area contributed by atoms with E-state index in [1.54, 1.807) is 23.2 Å². The normalized spacial score (nSPS) is 15.9. The Bertz CT molecular complexity index is 1060. The van der Waals surface area contributed by atoms with Crippen molar-refractivity contribution in [2.75, 3.05) is 28.7 Å². The number of nitrogens with one attached hydrogen (secondary N) is 1. The number of rotatable bonds is 7. The fourth-order valence-corrected chi connectivity index (χ4v) is 3.99. The maximum Gasteiger partial charge on any atom is 0.249 e. The third-order valence-corrected chi connectivity index (χ3v) is 5.67. The Morgan fingerprint density at radius 3 is 2.58 bits per heavy atom. The Morgan fingerprint density at radius 1 is 1.10 bits per heavy atom. The van der Waals surface area contributed by atoms with Crippen LogP contribution in [0.2, 0.25) is 0 Å². The van der Waals surface area contributed by atoms with E-state index in [0.29, 0.717) is 19.6 Å². The third kappa shape index (κ3) is 4.23. The van der Waals surface area contributed by atoms with Gasteiger partial charge in [0, 0.05) is 38.0 Å². The lowest BCUT2D eigenvalue weighted by Crippen LogP contribution is -2.51. The number of carbonyl (C=O) groups excluding carboxylic acids is 1. The molecule has 0 saturated carbocycles. The van der Waals surface area contributed by atoms with Crippen LogP contribution in [0.25, 0.3) is 0 Å². The number of aromatic nitrogens is 3. The molecule has 2 aromatic heterocycles. The predicted octanol–water partition coefficient (Wildman–Crippen LogP) is 3.66. The van der Waals surface area contributed by atoms with Gasteiger partial charge in [0.15, 0.2) is 0 Å². The summed E-state index contributed by atoms with van der Waals surface area (Å²) < 4.78 is 14.9. The number of hydrogen-bond donors (Lipinski definition) is 1. The van der Waals surface area contributed by atoms with Gasteiger partial charge in [0.1, 0.15) is 17.7 Å². The fraction of sp³-hybridized carbons (Fsp3) is 0.348. The van der Waals surface area contributed by atoms with E-state index < -0.39 is 0 Å². The maximum absolute atomic E-state index is 13.1. The number of likely N-dealkylation sites (N-methyl/N-ethyl adjacent to an activating group) is 2. The molecular formula is C23H27FN6O. The molecule has 8 heteroatoms. The zero-order valence-corrected chi connectivity index (χ0v) is 18.0. The van der Waals surface area contributed by atoms with Gasteiger partial charge < -0.3 is 15.1 Å². The number of benzene rings is 1. The molecule has 3 heterocycles. The number of hydrogen-bond acceptors (Lipinski definition) is 5. The van der Waals surface area contributed by atoms with Crippen molar-refractivity contribution in [2.24, 2.45) is 0 Å². The Hall–Kier alpha value is -3.42. The highest BCUT2D eigenvalue weighted by Gasteiger charge is 2.34. The largest absolute Gasteiger partial charge is 0.366 e. The molecule has 1 aromatic carbocycles. The van der Waals surface area contributed by atoms with Crippen molar-refractivity contribution >= 4 is 23.1 Å². The molecule has 0 bridgehead atoms. The van der Waals surface area contributed by atoms with Crippen molar-refractivity contribution < 1.29 is 9.18 Å². The number of anilines is 3. The van der Waals surface area contributed by atoms with E-state index in [4.69, 9.17) is 0 Å². The Labute approximate surface area is 181 Å². The van der Waals surface area contributed by atoms with Gasteiger partial charge in [-0.1, -0.05) is 19.1 Å². The van der Waals surface area contributed by atoms with E-state index in [1.165, 1.54) is 12.1 Å². The molecule has 0 radical (unpaired) electrons. The summed E-state index contributed by atoms with van der Waals surface area (Å²) >= 11 is 0. The highest BCUT2D eigenvalue weighted by atomic mass is 19.1. The summed E-state index contributed by atoms with van der Waals surface area (Å²) in [5, 5.41) is 7.74. The molecule has 1 aliphatic heterocycles. The van der Waals surface area contributed by atoms with E-state index in [2.05, 4.69) is 15.4 Å². The minimum Gasteiger partial charge on any atom is -0.366 e. The molecule has 1 N–H and O–H groups in total. The maximum atomic E-state index is 13.1. The van der Waals surface area contributed by atoms with Gasteiger partial charge >= 0.3 is 0 Å². The van der Waals surface area contributed by atoms with Crippen LogP contribution in [0, 0.1) is 5.82 Å². The van der Waals surface area contributed by atoms with Crippen LogP contribution in [-0.4, -0.2) is 40.3 Å². The minimum atomic E-state index is -0.242. The lowest BCUT2D eigenvalue weighted by Gasteiger charge is -2.40. The molecule has 0 saturated heterocycles. The zero-order valence-electron chi connectivity index (χ0n) is 18.0. The van der Waals surface area contributed by atoms with Crippen LogP contribution in [0.3, 0.4) is 0 Å². The SMILES string of the molecule is CC[C@@H]1C(=O)N(CC)c2cnc(NCc3cnn(Cc4ccc(F)cc4)c3)cc2N1C. The summed E-state index contributed by atoms with van der Waals surface area (Å²) in [5.74, 6) is 0.627. The van der Waals surface area contributed by atoms with Gasteiger partial charge in [-0.05, 0) is 31.0 Å². The van der Waals surface area contributed by atoms with Crippen molar-refractivity contribution in [3.8, 4) is 0 Å². The second kappa shape index (κ2) is 8.75. The molecule has 3 aromatic rings. The van der Waals surface area contributed by atoms with Gasteiger partial charge in [0.2, 0.25) is 5.91 Å². The summed E-state index contributed by atoms with van der Waals surface area (Å²) in [5.41, 5.74) is 3.85. The van der Waals surface area contributed by atoms with Crippen LogP contribution >= 0.6 is 0 Å². The standard InChI is InChI=1S/C23H27FN6O/c1-4-19-23(31)30(5-2)21-13-26-22(10-20(21)28(19)3)25-11-17-12-27-29(15-17)14-16-6-8-18(24)9-7-16/h6-10,12-13,15,19H,4-5,11,14H2,1-3H3,(H,25,26)/t19-/m1/s1. The Morgan fingerprint density at radius 2 is 1.87 bits per heavy atom. The molecule has 1 atom stereocenters. The molecule has 162 valence electrons. The van der Waals surface area contributed by atoms with Crippen molar-refractivity contribution in [3.63, 3.8) is 0 Å². The molecule has 7 nitrogen and oxygen atoms in total. The van der Waals surface area contributed by atoms with Gasteiger partial charge in [-0.3, -0.25) is 9.48 Å². The van der Waals surface area contributed by atoms with Gasteiger partial charge in [-0.25, -0.2) is 9.37 Å². The van der Waals surface area contributed by atoms with Crippen LogP contribution in [0.1, 0.15) is 31.4 Å². The number of fused-ring (bicyclic) bond motifs is 1. The van der Waals surface area contributed by atoms with E-state index in [9.17, 15) is 9.18 Å². The highest BCUT2D eigenvalue weighted by molar-refractivity contribution is 6.05. The number of halogens is 1. The van der Waals surface area contributed by atoms with Gasteiger partial charge in [-0.2, -0.15) is 5.10 Å². The van der Waals surface area contributed by atoms with Gasteiger partial charge in [0.25, 0.3) is 0 Å². The average Bonchev–Trinajstić information content (AvgIpc) is 3.22. The molecule has 1 amide bonds. The fourth-order valence-electron chi connectivity index (χ4n) is 3.99. The third-order valence-electron chi connectivity index (χ3n) is 5.67. The summed E-state index contributed by atoms with van der Waals surface area (Å²) in [4.78, 5) is 21.1. The zero-order chi connectivity index (χ0) is 22.0. The van der Waals surface area contributed by atoms with Crippen LogP contribution in [0.5, 0.6) is 0 Å². The summed E-state index contributed by atoms with van der Waals surface area (Å²) in [6.07, 6.45) is 6.29. The molecule has 0 aliphatic carbocycles. The van der Waals surface area contributed by atoms with E-state index in [1.807, 2.05) is 48.9 Å². The number of amides is 1. The first-order valence-corrected chi connectivity index (χ1v) is 10.5. The number of pyridine rings is 1. The molecule has 0 unspecified atom stereocenters. The van der Waals surface area contributed by atoms with E-state index in [0.717, 1.165) is 34.7 Å². The quantitative estimate of drug-likeness (QED) is 0.630. The first-order chi connectivity index (χ1) is 15.0. The Balaban J connectivity index is 1.45. The van der Waals surface area contributed by atoms with Gasteiger partial charge in [0.05, 0.1) is 30.3 Å². The lowest BCUT2D eigenvalue weighted by atomic mass is 10.1. The van der Waals surface area contributed by atoms with Crippen LogP contribution < -0.4 is 15.1 Å². The van der Waals surface area contributed by atoms with Crippen molar-refractivity contribution in [1.29, 1.82) is 0 Å². The number of carbonyl (C=O) groups is 1.